The maximum Gasteiger partial charge on any atom is 0.0512 e. The van der Waals surface area contributed by atoms with Crippen LogP contribution in [0.4, 0.5) is 0 Å². The number of unbranched alkanes of at least 4 members (excludes halogenated alkanes) is 2. The molecule has 1 aromatic carbocycles. The first-order valence-corrected chi connectivity index (χ1v) is 7.20. The molecule has 0 bridgehead atoms. The van der Waals surface area contributed by atoms with Crippen molar-refractivity contribution in [2.45, 2.75) is 51.9 Å². The zero-order chi connectivity index (χ0) is 12.8. The number of rotatable bonds is 6. The van der Waals surface area contributed by atoms with Gasteiger partial charge in [-0.25, -0.2) is 0 Å². The van der Waals surface area contributed by atoms with Gasteiger partial charge in [-0.15, -0.1) is 0 Å². The van der Waals surface area contributed by atoms with Gasteiger partial charge in [0.1, 0.15) is 0 Å². The van der Waals surface area contributed by atoms with Crippen LogP contribution in [0.15, 0.2) is 36.5 Å². The number of nitrogens with zero attached hydrogens (tertiary/aromatic N) is 1. The molecular formula is C17H23N. The Kier molecular flexibility index (Phi) is 4.74. The van der Waals surface area contributed by atoms with Crippen LogP contribution in [0.3, 0.4) is 0 Å². The van der Waals surface area contributed by atoms with Gasteiger partial charge >= 0.3 is 0 Å². The minimum absolute atomic E-state index is 0.614. The summed E-state index contributed by atoms with van der Waals surface area (Å²) < 4.78 is 0. The molecule has 1 heterocycles. The molecule has 1 atom stereocenters. The van der Waals surface area contributed by atoms with E-state index in [1.165, 1.54) is 48.6 Å². The fraction of sp³-hybridized carbons (Fsp3) is 0.471. The van der Waals surface area contributed by atoms with E-state index < -0.39 is 0 Å². The molecule has 1 nitrogen and oxygen atoms in total. The van der Waals surface area contributed by atoms with Crippen molar-refractivity contribution >= 4 is 10.8 Å². The summed E-state index contributed by atoms with van der Waals surface area (Å²) in [6.45, 7) is 4.54. The zero-order valence-electron chi connectivity index (χ0n) is 11.5. The van der Waals surface area contributed by atoms with Crippen LogP contribution < -0.4 is 0 Å². The normalized spacial score (nSPS) is 12.8. The highest BCUT2D eigenvalue weighted by atomic mass is 14.7. The zero-order valence-corrected chi connectivity index (χ0v) is 11.5. The maximum atomic E-state index is 4.66. The van der Waals surface area contributed by atoms with E-state index in [1.807, 2.05) is 6.20 Å². The molecule has 0 radical (unpaired) electrons. The monoisotopic (exact) mass is 241 g/mol. The summed E-state index contributed by atoms with van der Waals surface area (Å²) in [7, 11) is 0. The van der Waals surface area contributed by atoms with Gasteiger partial charge < -0.3 is 0 Å². The van der Waals surface area contributed by atoms with Gasteiger partial charge in [0.2, 0.25) is 0 Å². The molecule has 0 saturated heterocycles. The van der Waals surface area contributed by atoms with Crippen molar-refractivity contribution in [3.63, 3.8) is 0 Å². The number of pyridine rings is 1. The van der Waals surface area contributed by atoms with Crippen molar-refractivity contribution < 1.29 is 0 Å². The molecule has 1 heteroatoms. The van der Waals surface area contributed by atoms with E-state index in [9.17, 15) is 0 Å². The third kappa shape index (κ3) is 2.90. The minimum Gasteiger partial charge on any atom is -0.260 e. The molecule has 0 aliphatic heterocycles. The topological polar surface area (TPSA) is 12.9 Å². The van der Waals surface area contributed by atoms with Crippen LogP contribution >= 0.6 is 0 Å². The Morgan fingerprint density at radius 2 is 1.89 bits per heavy atom. The number of hydrogen-bond donors (Lipinski definition) is 0. The predicted octanol–water partition coefficient (Wildman–Crippen LogP) is 5.31. The van der Waals surface area contributed by atoms with E-state index in [0.29, 0.717) is 5.92 Å². The third-order valence-electron chi connectivity index (χ3n) is 3.74. The minimum atomic E-state index is 0.614. The molecule has 0 fully saturated rings. The first-order valence-electron chi connectivity index (χ1n) is 7.20. The fourth-order valence-electron chi connectivity index (χ4n) is 2.64. The molecule has 1 aromatic heterocycles. The van der Waals surface area contributed by atoms with Gasteiger partial charge in [-0.2, -0.15) is 0 Å². The van der Waals surface area contributed by atoms with Gasteiger partial charge in [0.05, 0.1) is 5.69 Å². The average molecular weight is 241 g/mol. The molecule has 96 valence electrons. The van der Waals surface area contributed by atoms with Gasteiger partial charge in [0, 0.05) is 17.5 Å². The lowest BCUT2D eigenvalue weighted by Crippen LogP contribution is -2.01. The molecular weight excluding hydrogens is 218 g/mol. The maximum absolute atomic E-state index is 4.66. The second-order valence-corrected chi connectivity index (χ2v) is 5.02. The molecule has 2 aromatic rings. The number of fused-ring (bicyclic) bond motifs is 1. The predicted molar refractivity (Wildman–Crippen MR) is 78.9 cm³/mol. The number of aromatic nitrogens is 1. The molecule has 0 N–H and O–H groups in total. The van der Waals surface area contributed by atoms with Crippen LogP contribution in [0.5, 0.6) is 0 Å². The largest absolute Gasteiger partial charge is 0.260 e. The second-order valence-electron chi connectivity index (χ2n) is 5.02. The van der Waals surface area contributed by atoms with Crippen LogP contribution in [-0.2, 0) is 0 Å². The average Bonchev–Trinajstić information content (AvgIpc) is 2.43. The van der Waals surface area contributed by atoms with Crippen molar-refractivity contribution in [2.24, 2.45) is 0 Å². The summed E-state index contributed by atoms with van der Waals surface area (Å²) in [5.41, 5.74) is 1.30. The SMILES string of the molecule is CCCCCC(CC)c1nccc2ccccc12. The molecule has 0 amide bonds. The first kappa shape index (κ1) is 13.1. The van der Waals surface area contributed by atoms with E-state index in [-0.39, 0.29) is 0 Å². The molecule has 0 saturated carbocycles. The molecule has 2 rings (SSSR count). The quantitative estimate of drug-likeness (QED) is 0.625. The van der Waals surface area contributed by atoms with E-state index >= 15 is 0 Å². The fourth-order valence-corrected chi connectivity index (χ4v) is 2.64. The highest BCUT2D eigenvalue weighted by Gasteiger charge is 2.13. The van der Waals surface area contributed by atoms with Crippen molar-refractivity contribution in [3.8, 4) is 0 Å². The Labute approximate surface area is 110 Å². The van der Waals surface area contributed by atoms with Crippen molar-refractivity contribution in [1.29, 1.82) is 0 Å². The van der Waals surface area contributed by atoms with Crippen LogP contribution in [-0.4, -0.2) is 4.98 Å². The van der Waals surface area contributed by atoms with Gasteiger partial charge in [0.15, 0.2) is 0 Å². The van der Waals surface area contributed by atoms with Gasteiger partial charge in [-0.05, 0) is 24.3 Å². The van der Waals surface area contributed by atoms with E-state index in [0.717, 1.165) is 0 Å². The van der Waals surface area contributed by atoms with Gasteiger partial charge in [0.25, 0.3) is 0 Å². The van der Waals surface area contributed by atoms with Crippen LogP contribution in [0.2, 0.25) is 0 Å². The van der Waals surface area contributed by atoms with E-state index in [2.05, 4.69) is 49.2 Å². The Balaban J connectivity index is 2.27. The highest BCUT2D eigenvalue weighted by Crippen LogP contribution is 2.29. The summed E-state index contributed by atoms with van der Waals surface area (Å²) >= 11 is 0. The van der Waals surface area contributed by atoms with E-state index in [4.69, 9.17) is 0 Å². The third-order valence-corrected chi connectivity index (χ3v) is 3.74. The highest BCUT2D eigenvalue weighted by molar-refractivity contribution is 5.84. The van der Waals surface area contributed by atoms with E-state index in [1.54, 1.807) is 0 Å². The Morgan fingerprint density at radius 1 is 1.06 bits per heavy atom. The van der Waals surface area contributed by atoms with Crippen molar-refractivity contribution in [3.05, 3.63) is 42.2 Å². The number of benzene rings is 1. The Hall–Kier alpha value is -1.37. The summed E-state index contributed by atoms with van der Waals surface area (Å²) in [6, 6.07) is 10.7. The Bertz CT molecular complexity index is 484. The van der Waals surface area contributed by atoms with Crippen LogP contribution in [0.25, 0.3) is 10.8 Å². The van der Waals surface area contributed by atoms with Crippen molar-refractivity contribution in [2.75, 3.05) is 0 Å². The lowest BCUT2D eigenvalue weighted by Gasteiger charge is -2.16. The summed E-state index contributed by atoms with van der Waals surface area (Å²) in [4.78, 5) is 4.66. The van der Waals surface area contributed by atoms with Crippen molar-refractivity contribution in [1.82, 2.24) is 4.98 Å². The second kappa shape index (κ2) is 6.53. The van der Waals surface area contributed by atoms with Crippen LogP contribution in [0.1, 0.15) is 57.6 Å². The molecule has 0 spiro atoms. The van der Waals surface area contributed by atoms with Gasteiger partial charge in [-0.3, -0.25) is 4.98 Å². The molecule has 0 aliphatic rings. The smallest absolute Gasteiger partial charge is 0.0512 e. The first-order chi connectivity index (χ1) is 8.86. The molecule has 1 unspecified atom stereocenters. The standard InChI is InChI=1S/C17H23N/c1-3-5-6-9-14(4-2)17-16-11-8-7-10-15(16)12-13-18-17/h7-8,10-14H,3-6,9H2,1-2H3. The summed E-state index contributed by atoms with van der Waals surface area (Å²) in [5.74, 6) is 0.614. The lowest BCUT2D eigenvalue weighted by molar-refractivity contribution is 0.546. The summed E-state index contributed by atoms with van der Waals surface area (Å²) in [6.07, 6.45) is 8.36. The Morgan fingerprint density at radius 3 is 2.67 bits per heavy atom. The van der Waals surface area contributed by atoms with Crippen LogP contribution in [0, 0.1) is 0 Å². The van der Waals surface area contributed by atoms with Gasteiger partial charge in [-0.1, -0.05) is 57.4 Å². The summed E-state index contributed by atoms with van der Waals surface area (Å²) in [5, 5.41) is 2.65. The lowest BCUT2D eigenvalue weighted by atomic mass is 9.92. The number of hydrogen-bond acceptors (Lipinski definition) is 1. The molecule has 18 heavy (non-hydrogen) atoms. The molecule has 0 aliphatic carbocycles.